The molecule has 0 saturated heterocycles. The van der Waals surface area contributed by atoms with E-state index in [-0.39, 0.29) is 22.2 Å². The molecule has 1 unspecified atom stereocenters. The molecule has 0 bridgehead atoms. The minimum atomic E-state index is -0.802. The van der Waals surface area contributed by atoms with Crippen LogP contribution in [0.15, 0.2) is 24.3 Å². The molecule has 1 atom stereocenters. The Labute approximate surface area is 180 Å². The summed E-state index contributed by atoms with van der Waals surface area (Å²) in [5.74, 6) is -1.09. The lowest BCUT2D eigenvalue weighted by atomic mass is 10.1. The molecule has 1 aromatic carbocycles. The minimum Gasteiger partial charge on any atom is -0.395 e. The van der Waals surface area contributed by atoms with E-state index >= 15 is 0 Å². The minimum absolute atomic E-state index is 0.0646. The van der Waals surface area contributed by atoms with Crippen molar-refractivity contribution < 1.29 is 14.4 Å². The SMILES string of the molecule is CCC(C(=O)NCCC(C)C)N(C(=O)c1snc(C(N)=O)c1N)c1cccc(C)c1. The molecule has 0 saturated carbocycles. The second-order valence-electron chi connectivity index (χ2n) is 7.55. The summed E-state index contributed by atoms with van der Waals surface area (Å²) in [5.41, 5.74) is 12.6. The molecular weight excluding hydrogens is 402 g/mol. The summed E-state index contributed by atoms with van der Waals surface area (Å²) in [4.78, 5) is 39.5. The average Bonchev–Trinajstić information content (AvgIpc) is 3.06. The van der Waals surface area contributed by atoms with Gasteiger partial charge in [0.15, 0.2) is 5.69 Å². The molecule has 8 nitrogen and oxygen atoms in total. The smallest absolute Gasteiger partial charge is 0.272 e. The van der Waals surface area contributed by atoms with Crippen molar-refractivity contribution in [2.75, 3.05) is 17.2 Å². The fraction of sp³-hybridized carbons (Fsp3) is 0.429. The van der Waals surface area contributed by atoms with Crippen LogP contribution in [0.3, 0.4) is 0 Å². The van der Waals surface area contributed by atoms with Gasteiger partial charge in [-0.1, -0.05) is 32.9 Å². The predicted octanol–water partition coefficient (Wildman–Crippen LogP) is 2.72. The van der Waals surface area contributed by atoms with Crippen LogP contribution in [0.1, 0.15) is 59.3 Å². The molecule has 30 heavy (non-hydrogen) atoms. The first-order chi connectivity index (χ1) is 14.2. The van der Waals surface area contributed by atoms with Crippen LogP contribution in [0.4, 0.5) is 11.4 Å². The fourth-order valence-corrected chi connectivity index (χ4v) is 3.78. The summed E-state index contributed by atoms with van der Waals surface area (Å²) in [6.45, 7) is 8.43. The number of rotatable bonds is 9. The molecule has 3 amide bonds. The number of amides is 3. The molecule has 162 valence electrons. The zero-order valence-corrected chi connectivity index (χ0v) is 18.6. The number of nitrogens with zero attached hydrogens (tertiary/aromatic N) is 2. The second-order valence-corrected chi connectivity index (χ2v) is 8.32. The number of carbonyl (C=O) groups excluding carboxylic acids is 3. The van der Waals surface area contributed by atoms with Crippen molar-refractivity contribution in [3.05, 3.63) is 40.4 Å². The zero-order chi connectivity index (χ0) is 22.4. The van der Waals surface area contributed by atoms with Gasteiger partial charge in [0, 0.05) is 12.2 Å². The van der Waals surface area contributed by atoms with E-state index in [0.29, 0.717) is 24.6 Å². The number of hydrogen-bond donors (Lipinski definition) is 3. The van der Waals surface area contributed by atoms with Crippen LogP contribution in [-0.2, 0) is 4.79 Å². The monoisotopic (exact) mass is 431 g/mol. The maximum atomic E-state index is 13.5. The van der Waals surface area contributed by atoms with E-state index in [1.54, 1.807) is 6.07 Å². The summed E-state index contributed by atoms with van der Waals surface area (Å²) < 4.78 is 3.92. The molecule has 0 radical (unpaired) electrons. The third-order valence-corrected chi connectivity index (χ3v) is 5.53. The van der Waals surface area contributed by atoms with Crippen LogP contribution in [-0.4, -0.2) is 34.7 Å². The molecule has 2 rings (SSSR count). The molecule has 1 heterocycles. The van der Waals surface area contributed by atoms with E-state index in [1.807, 2.05) is 32.0 Å². The van der Waals surface area contributed by atoms with E-state index in [2.05, 4.69) is 23.5 Å². The van der Waals surface area contributed by atoms with E-state index in [1.165, 1.54) is 4.90 Å². The van der Waals surface area contributed by atoms with Crippen molar-refractivity contribution in [2.24, 2.45) is 11.7 Å². The normalized spacial score (nSPS) is 11.9. The Morgan fingerprint density at radius 2 is 1.97 bits per heavy atom. The Kier molecular flexibility index (Phi) is 7.93. The van der Waals surface area contributed by atoms with Crippen molar-refractivity contribution in [1.82, 2.24) is 9.69 Å². The molecule has 0 spiro atoms. The van der Waals surface area contributed by atoms with Gasteiger partial charge in [0.1, 0.15) is 10.9 Å². The van der Waals surface area contributed by atoms with Gasteiger partial charge in [0.2, 0.25) is 5.91 Å². The number of nitrogen functional groups attached to an aromatic ring is 1. The number of primary amides is 1. The highest BCUT2D eigenvalue weighted by Gasteiger charge is 2.33. The maximum absolute atomic E-state index is 13.5. The standard InChI is InChI=1S/C21H29N5O3S/c1-5-15(20(28)24-10-9-12(2)3)26(14-8-6-7-13(4)11-14)21(29)18-16(22)17(19(23)27)25-30-18/h6-8,11-12,15H,5,9-10,22H2,1-4H3,(H2,23,27)(H,24,28). The first kappa shape index (κ1) is 23.3. The number of carbonyl (C=O) groups is 3. The molecule has 0 fully saturated rings. The van der Waals surface area contributed by atoms with Gasteiger partial charge in [-0.25, -0.2) is 0 Å². The summed E-state index contributed by atoms with van der Waals surface area (Å²) >= 11 is 0.802. The second kappa shape index (κ2) is 10.2. The van der Waals surface area contributed by atoms with Crippen molar-refractivity contribution in [1.29, 1.82) is 0 Å². The molecule has 0 aliphatic rings. The number of aromatic nitrogens is 1. The van der Waals surface area contributed by atoms with Crippen molar-refractivity contribution >= 4 is 40.6 Å². The Bertz CT molecular complexity index is 925. The molecule has 9 heteroatoms. The molecule has 5 N–H and O–H groups in total. The van der Waals surface area contributed by atoms with Crippen molar-refractivity contribution in [3.8, 4) is 0 Å². The Hall–Kier alpha value is -2.94. The van der Waals surface area contributed by atoms with Crippen LogP contribution >= 0.6 is 11.5 Å². The van der Waals surface area contributed by atoms with Gasteiger partial charge >= 0.3 is 0 Å². The highest BCUT2D eigenvalue weighted by atomic mass is 32.1. The van der Waals surface area contributed by atoms with Crippen LogP contribution < -0.4 is 21.7 Å². The highest BCUT2D eigenvalue weighted by Crippen LogP contribution is 2.28. The Morgan fingerprint density at radius 1 is 1.27 bits per heavy atom. The van der Waals surface area contributed by atoms with Gasteiger partial charge in [-0.15, -0.1) is 0 Å². The van der Waals surface area contributed by atoms with Crippen LogP contribution in [0.5, 0.6) is 0 Å². The third kappa shape index (κ3) is 5.35. The topological polar surface area (TPSA) is 131 Å². The summed E-state index contributed by atoms with van der Waals surface area (Å²) in [6, 6.07) is 6.57. The summed E-state index contributed by atoms with van der Waals surface area (Å²) in [5, 5.41) is 2.92. The van der Waals surface area contributed by atoms with Crippen LogP contribution in [0.2, 0.25) is 0 Å². The lowest BCUT2D eigenvalue weighted by molar-refractivity contribution is -0.122. The van der Waals surface area contributed by atoms with Crippen molar-refractivity contribution in [2.45, 2.75) is 46.6 Å². The van der Waals surface area contributed by atoms with E-state index < -0.39 is 17.9 Å². The summed E-state index contributed by atoms with van der Waals surface area (Å²) in [7, 11) is 0. The van der Waals surface area contributed by atoms with Crippen LogP contribution in [0.25, 0.3) is 0 Å². The van der Waals surface area contributed by atoms with Gasteiger partial charge in [-0.3, -0.25) is 19.3 Å². The van der Waals surface area contributed by atoms with Crippen LogP contribution in [0, 0.1) is 12.8 Å². The van der Waals surface area contributed by atoms with E-state index in [4.69, 9.17) is 11.5 Å². The molecule has 1 aromatic heterocycles. The quantitative estimate of drug-likeness (QED) is 0.562. The fourth-order valence-electron chi connectivity index (χ4n) is 3.04. The molecule has 2 aromatic rings. The van der Waals surface area contributed by atoms with Crippen molar-refractivity contribution in [3.63, 3.8) is 0 Å². The largest absolute Gasteiger partial charge is 0.395 e. The number of hydrogen-bond acceptors (Lipinski definition) is 6. The number of nitrogens with one attached hydrogen (secondary N) is 1. The lowest BCUT2D eigenvalue weighted by Crippen LogP contribution is -2.50. The number of anilines is 2. The first-order valence-corrected chi connectivity index (χ1v) is 10.7. The van der Waals surface area contributed by atoms with Gasteiger partial charge in [-0.05, 0) is 54.9 Å². The lowest BCUT2D eigenvalue weighted by Gasteiger charge is -2.30. The third-order valence-electron chi connectivity index (χ3n) is 4.68. The molecule has 0 aliphatic carbocycles. The van der Waals surface area contributed by atoms with Gasteiger partial charge < -0.3 is 16.8 Å². The number of nitrogens with two attached hydrogens (primary N) is 2. The zero-order valence-electron chi connectivity index (χ0n) is 17.8. The Morgan fingerprint density at radius 3 is 2.50 bits per heavy atom. The van der Waals surface area contributed by atoms with E-state index in [0.717, 1.165) is 23.5 Å². The van der Waals surface area contributed by atoms with Gasteiger partial charge in [0.05, 0.1) is 5.69 Å². The Balaban J connectivity index is 2.45. The number of aryl methyl sites for hydroxylation is 1. The average molecular weight is 432 g/mol. The van der Waals surface area contributed by atoms with Gasteiger partial charge in [0.25, 0.3) is 11.8 Å². The molecular formula is C21H29N5O3S. The molecule has 0 aliphatic heterocycles. The summed E-state index contributed by atoms with van der Waals surface area (Å²) in [6.07, 6.45) is 1.24. The maximum Gasteiger partial charge on any atom is 0.272 e. The van der Waals surface area contributed by atoms with E-state index in [9.17, 15) is 14.4 Å². The number of benzene rings is 1. The highest BCUT2D eigenvalue weighted by molar-refractivity contribution is 7.09. The van der Waals surface area contributed by atoms with Gasteiger partial charge in [-0.2, -0.15) is 4.37 Å². The predicted molar refractivity (Wildman–Crippen MR) is 120 cm³/mol. The first-order valence-electron chi connectivity index (χ1n) is 9.90.